The third kappa shape index (κ3) is 2.16. The number of nitrogens with two attached hydrogens (primary N) is 1. The molecule has 0 aliphatic carbocycles. The van der Waals surface area contributed by atoms with Crippen LogP contribution in [0.2, 0.25) is 0 Å². The van der Waals surface area contributed by atoms with Gasteiger partial charge in [0, 0.05) is 19.2 Å². The van der Waals surface area contributed by atoms with Crippen molar-refractivity contribution < 1.29 is 8.78 Å². The van der Waals surface area contributed by atoms with Crippen molar-refractivity contribution >= 4 is 11.5 Å². The summed E-state index contributed by atoms with van der Waals surface area (Å²) in [6.45, 7) is 0.311. The summed E-state index contributed by atoms with van der Waals surface area (Å²) in [7, 11) is 0. The van der Waals surface area contributed by atoms with E-state index in [1.165, 1.54) is 0 Å². The summed E-state index contributed by atoms with van der Waals surface area (Å²) in [5.74, 6) is -2.15. The summed E-state index contributed by atoms with van der Waals surface area (Å²) in [6, 6.07) is 3.37. The fourth-order valence-electron chi connectivity index (χ4n) is 1.82. The van der Waals surface area contributed by atoms with E-state index in [0.717, 1.165) is 0 Å². The molecule has 2 N–H and O–H groups in total. The molecule has 0 radical (unpaired) electrons. The lowest BCUT2D eigenvalue weighted by atomic mass is 10.1. The number of halogens is 2. The largest absolute Gasteiger partial charge is 0.396 e. The number of nitrogen functional groups attached to an aromatic ring is 1. The molecule has 82 valence electrons. The van der Waals surface area contributed by atoms with Gasteiger partial charge < -0.3 is 10.6 Å². The minimum Gasteiger partial charge on any atom is -0.396 e. The Hall–Kier alpha value is -1.39. The van der Waals surface area contributed by atoms with Crippen LogP contribution in [-0.4, -0.2) is 24.0 Å². The maximum absolute atomic E-state index is 13.2. The third-order valence-corrected chi connectivity index (χ3v) is 2.51. The Balaban J connectivity index is 2.21. The smallest absolute Gasteiger partial charge is 0.265 e. The van der Waals surface area contributed by atoms with Crippen molar-refractivity contribution in [2.75, 3.05) is 23.7 Å². The summed E-state index contributed by atoms with van der Waals surface area (Å²) < 4.78 is 26.3. The molecule has 2 rings (SSSR count). The number of hydrogen-bond acceptors (Lipinski definition) is 3. The fraction of sp³-hybridized carbons (Fsp3) is 0.500. The maximum atomic E-state index is 13.2. The van der Waals surface area contributed by atoms with E-state index in [4.69, 9.17) is 5.73 Å². The molecule has 1 aliphatic heterocycles. The van der Waals surface area contributed by atoms with Gasteiger partial charge in [-0.3, -0.25) is 0 Å². The Labute approximate surface area is 86.9 Å². The Morgan fingerprint density at radius 3 is 2.93 bits per heavy atom. The number of alkyl halides is 2. The van der Waals surface area contributed by atoms with Gasteiger partial charge in [0.2, 0.25) is 0 Å². The van der Waals surface area contributed by atoms with Gasteiger partial charge in [0.05, 0.1) is 12.2 Å². The van der Waals surface area contributed by atoms with E-state index >= 15 is 0 Å². The molecule has 15 heavy (non-hydrogen) atoms. The fourth-order valence-corrected chi connectivity index (χ4v) is 1.82. The topological polar surface area (TPSA) is 42.1 Å². The van der Waals surface area contributed by atoms with Gasteiger partial charge in [0.25, 0.3) is 5.92 Å². The van der Waals surface area contributed by atoms with Crippen LogP contribution >= 0.6 is 0 Å². The molecule has 0 bridgehead atoms. The van der Waals surface area contributed by atoms with E-state index < -0.39 is 5.92 Å². The van der Waals surface area contributed by atoms with Crippen molar-refractivity contribution in [1.29, 1.82) is 0 Å². The lowest BCUT2D eigenvalue weighted by Gasteiger charge is -2.33. The Kier molecular flexibility index (Phi) is 2.46. The molecule has 0 saturated carbocycles. The first-order valence-electron chi connectivity index (χ1n) is 4.92. The molecule has 1 aliphatic rings. The Bertz CT molecular complexity index is 354. The number of pyridine rings is 1. The predicted octanol–water partition coefficient (Wildman–Crippen LogP) is 1.90. The highest BCUT2D eigenvalue weighted by Crippen LogP contribution is 2.30. The van der Waals surface area contributed by atoms with Crippen LogP contribution in [0.1, 0.15) is 12.8 Å². The highest BCUT2D eigenvalue weighted by Gasteiger charge is 2.36. The zero-order chi connectivity index (χ0) is 10.9. The van der Waals surface area contributed by atoms with Crippen LogP contribution in [0.5, 0.6) is 0 Å². The van der Waals surface area contributed by atoms with E-state index in [1.54, 1.807) is 23.2 Å². The number of nitrogens with zero attached hydrogens (tertiary/aromatic N) is 2. The number of piperidine rings is 1. The van der Waals surface area contributed by atoms with Crippen molar-refractivity contribution in [2.45, 2.75) is 18.8 Å². The van der Waals surface area contributed by atoms with Crippen LogP contribution in [0.15, 0.2) is 18.3 Å². The first kappa shape index (κ1) is 10.1. The highest BCUT2D eigenvalue weighted by atomic mass is 19.3. The van der Waals surface area contributed by atoms with Gasteiger partial charge in [-0.1, -0.05) is 0 Å². The van der Waals surface area contributed by atoms with Crippen LogP contribution in [-0.2, 0) is 0 Å². The molecule has 1 aromatic heterocycles. The second-order valence-corrected chi connectivity index (χ2v) is 3.80. The van der Waals surface area contributed by atoms with Crippen LogP contribution in [0.4, 0.5) is 20.3 Å². The molecule has 3 nitrogen and oxygen atoms in total. The third-order valence-electron chi connectivity index (χ3n) is 2.51. The SMILES string of the molecule is Nc1cccnc1N1CCCC(F)(F)C1. The first-order chi connectivity index (χ1) is 7.08. The van der Waals surface area contributed by atoms with Gasteiger partial charge >= 0.3 is 0 Å². The summed E-state index contributed by atoms with van der Waals surface area (Å²) in [6.07, 6.45) is 2.00. The zero-order valence-corrected chi connectivity index (χ0v) is 8.29. The van der Waals surface area contributed by atoms with E-state index in [1.807, 2.05) is 0 Å². The lowest BCUT2D eigenvalue weighted by Crippen LogP contribution is -2.43. The quantitative estimate of drug-likeness (QED) is 0.774. The Morgan fingerprint density at radius 1 is 1.47 bits per heavy atom. The molecular formula is C10H13F2N3. The van der Waals surface area contributed by atoms with Crippen LogP contribution in [0.3, 0.4) is 0 Å². The molecule has 5 heteroatoms. The van der Waals surface area contributed by atoms with Crippen molar-refractivity contribution in [3.8, 4) is 0 Å². The van der Waals surface area contributed by atoms with Crippen molar-refractivity contribution in [3.05, 3.63) is 18.3 Å². The van der Waals surface area contributed by atoms with Gasteiger partial charge in [-0.15, -0.1) is 0 Å². The van der Waals surface area contributed by atoms with Crippen LogP contribution in [0, 0.1) is 0 Å². The molecule has 0 unspecified atom stereocenters. The normalized spacial score (nSPS) is 20.3. The van der Waals surface area contributed by atoms with E-state index in [0.29, 0.717) is 24.5 Å². The van der Waals surface area contributed by atoms with Gasteiger partial charge in [-0.25, -0.2) is 13.8 Å². The average Bonchev–Trinajstić information content (AvgIpc) is 2.17. The van der Waals surface area contributed by atoms with Gasteiger partial charge in [0.1, 0.15) is 0 Å². The summed E-state index contributed by atoms with van der Waals surface area (Å²) in [4.78, 5) is 5.59. The van der Waals surface area contributed by atoms with Gasteiger partial charge in [-0.2, -0.15) is 0 Å². The molecular weight excluding hydrogens is 200 g/mol. The molecule has 1 fully saturated rings. The summed E-state index contributed by atoms with van der Waals surface area (Å²) >= 11 is 0. The monoisotopic (exact) mass is 213 g/mol. The zero-order valence-electron chi connectivity index (χ0n) is 8.29. The number of rotatable bonds is 1. The van der Waals surface area contributed by atoms with Gasteiger partial charge in [0.15, 0.2) is 5.82 Å². The van der Waals surface area contributed by atoms with Crippen LogP contribution < -0.4 is 10.6 Å². The second-order valence-electron chi connectivity index (χ2n) is 3.80. The molecule has 0 atom stereocenters. The number of hydrogen-bond donors (Lipinski definition) is 1. The van der Waals surface area contributed by atoms with Crippen molar-refractivity contribution in [3.63, 3.8) is 0 Å². The number of aromatic nitrogens is 1. The molecule has 1 aromatic rings. The summed E-state index contributed by atoms with van der Waals surface area (Å²) in [5, 5.41) is 0. The van der Waals surface area contributed by atoms with Crippen molar-refractivity contribution in [2.24, 2.45) is 0 Å². The number of anilines is 2. The Morgan fingerprint density at radius 2 is 2.27 bits per heavy atom. The maximum Gasteiger partial charge on any atom is 0.265 e. The average molecular weight is 213 g/mol. The molecule has 1 saturated heterocycles. The van der Waals surface area contributed by atoms with Gasteiger partial charge in [-0.05, 0) is 18.6 Å². The molecule has 0 aromatic carbocycles. The molecule has 0 amide bonds. The second kappa shape index (κ2) is 3.64. The minimum absolute atomic E-state index is 0.0454. The summed E-state index contributed by atoms with van der Waals surface area (Å²) in [5.41, 5.74) is 6.14. The highest BCUT2D eigenvalue weighted by molar-refractivity contribution is 5.62. The lowest BCUT2D eigenvalue weighted by molar-refractivity contribution is -0.0118. The standard InChI is InChI=1S/C10H13F2N3/c11-10(12)4-2-6-15(7-10)9-8(13)3-1-5-14-9/h1,3,5H,2,4,6-7,13H2. The van der Waals surface area contributed by atoms with Crippen LogP contribution in [0.25, 0.3) is 0 Å². The van der Waals surface area contributed by atoms with Crippen molar-refractivity contribution in [1.82, 2.24) is 4.98 Å². The predicted molar refractivity (Wildman–Crippen MR) is 55.0 cm³/mol. The minimum atomic E-state index is -2.62. The van der Waals surface area contributed by atoms with E-state index in [9.17, 15) is 8.78 Å². The molecule has 0 spiro atoms. The molecule has 2 heterocycles. The first-order valence-corrected chi connectivity index (χ1v) is 4.92. The van der Waals surface area contributed by atoms with E-state index in [2.05, 4.69) is 4.98 Å². The van der Waals surface area contributed by atoms with E-state index in [-0.39, 0.29) is 13.0 Å².